The zero-order valence-corrected chi connectivity index (χ0v) is 12.9. The van der Waals surface area contributed by atoms with E-state index in [0.29, 0.717) is 19.0 Å². The standard InChI is InChI=1S/C14H18BrNO4/c1-2-19-14(18)7-9-16-13(17)8-10-20-12-5-3-11(15)4-6-12/h3-6H,2,7-10H2,1H3,(H,16,17). The van der Waals surface area contributed by atoms with E-state index in [4.69, 9.17) is 9.47 Å². The number of carbonyl (C=O) groups is 2. The molecular weight excluding hydrogens is 326 g/mol. The Kier molecular flexibility index (Phi) is 7.72. The highest BCUT2D eigenvalue weighted by atomic mass is 79.9. The maximum Gasteiger partial charge on any atom is 0.307 e. The molecule has 0 aliphatic heterocycles. The SMILES string of the molecule is CCOC(=O)CCNC(=O)CCOc1ccc(Br)cc1. The number of ether oxygens (including phenoxy) is 2. The molecule has 1 rings (SSSR count). The number of carbonyl (C=O) groups excluding carboxylic acids is 2. The largest absolute Gasteiger partial charge is 0.493 e. The molecule has 0 bridgehead atoms. The molecule has 0 aliphatic carbocycles. The van der Waals surface area contributed by atoms with Crippen molar-refractivity contribution in [1.29, 1.82) is 0 Å². The number of hydrogen-bond acceptors (Lipinski definition) is 4. The summed E-state index contributed by atoms with van der Waals surface area (Å²) in [4.78, 5) is 22.5. The molecule has 1 N–H and O–H groups in total. The minimum atomic E-state index is -0.307. The van der Waals surface area contributed by atoms with Crippen LogP contribution >= 0.6 is 15.9 Å². The van der Waals surface area contributed by atoms with Gasteiger partial charge in [-0.25, -0.2) is 0 Å². The number of hydrogen-bond donors (Lipinski definition) is 1. The summed E-state index contributed by atoms with van der Waals surface area (Å²) >= 11 is 3.33. The molecule has 1 amide bonds. The molecule has 0 spiro atoms. The fourth-order valence-corrected chi connectivity index (χ4v) is 1.68. The molecule has 0 heterocycles. The first-order valence-electron chi connectivity index (χ1n) is 6.42. The molecule has 6 heteroatoms. The Hall–Kier alpha value is -1.56. The van der Waals surface area contributed by atoms with Gasteiger partial charge in [0, 0.05) is 11.0 Å². The highest BCUT2D eigenvalue weighted by molar-refractivity contribution is 9.10. The summed E-state index contributed by atoms with van der Waals surface area (Å²) in [5.41, 5.74) is 0. The van der Waals surface area contributed by atoms with Crippen LogP contribution in [0.1, 0.15) is 19.8 Å². The van der Waals surface area contributed by atoms with E-state index in [-0.39, 0.29) is 31.3 Å². The third-order valence-corrected chi connectivity index (χ3v) is 2.90. The van der Waals surface area contributed by atoms with Gasteiger partial charge in [-0.2, -0.15) is 0 Å². The predicted molar refractivity (Wildman–Crippen MR) is 78.5 cm³/mol. The zero-order chi connectivity index (χ0) is 14.8. The molecule has 1 aromatic rings. The Morgan fingerprint density at radius 2 is 1.90 bits per heavy atom. The van der Waals surface area contributed by atoms with E-state index in [1.165, 1.54) is 0 Å². The molecular formula is C14H18BrNO4. The number of benzene rings is 1. The van der Waals surface area contributed by atoms with Gasteiger partial charge in [-0.15, -0.1) is 0 Å². The molecule has 5 nitrogen and oxygen atoms in total. The minimum absolute atomic E-state index is 0.147. The first-order valence-corrected chi connectivity index (χ1v) is 7.21. The lowest BCUT2D eigenvalue weighted by Crippen LogP contribution is -2.27. The third-order valence-electron chi connectivity index (χ3n) is 2.37. The van der Waals surface area contributed by atoms with Gasteiger partial charge in [0.05, 0.1) is 26.1 Å². The Labute approximate surface area is 126 Å². The molecule has 110 valence electrons. The molecule has 0 radical (unpaired) electrons. The van der Waals surface area contributed by atoms with E-state index in [1.54, 1.807) is 6.92 Å². The summed E-state index contributed by atoms with van der Waals surface area (Å²) in [6, 6.07) is 7.38. The Balaban J connectivity index is 2.11. The van der Waals surface area contributed by atoms with Crippen LogP contribution in [-0.2, 0) is 14.3 Å². The van der Waals surface area contributed by atoms with E-state index in [1.807, 2.05) is 24.3 Å². The second kappa shape index (κ2) is 9.36. The normalized spacial score (nSPS) is 9.90. The van der Waals surface area contributed by atoms with Crippen LogP contribution in [0.4, 0.5) is 0 Å². The molecule has 0 aliphatic rings. The summed E-state index contributed by atoms with van der Waals surface area (Å²) in [5, 5.41) is 2.64. The number of rotatable bonds is 8. The van der Waals surface area contributed by atoms with Gasteiger partial charge in [0.25, 0.3) is 0 Å². The molecule has 0 unspecified atom stereocenters. The maximum absolute atomic E-state index is 11.5. The van der Waals surface area contributed by atoms with Gasteiger partial charge >= 0.3 is 5.97 Å². The van der Waals surface area contributed by atoms with E-state index in [9.17, 15) is 9.59 Å². The van der Waals surface area contributed by atoms with Crippen LogP contribution in [0.3, 0.4) is 0 Å². The van der Waals surface area contributed by atoms with Crippen molar-refractivity contribution < 1.29 is 19.1 Å². The number of nitrogens with one attached hydrogen (secondary N) is 1. The average molecular weight is 344 g/mol. The van der Waals surface area contributed by atoms with Gasteiger partial charge in [0.1, 0.15) is 5.75 Å². The Bertz CT molecular complexity index is 433. The van der Waals surface area contributed by atoms with E-state index in [0.717, 1.165) is 4.47 Å². The molecule has 0 aromatic heterocycles. The Morgan fingerprint density at radius 3 is 2.55 bits per heavy atom. The van der Waals surface area contributed by atoms with Crippen LogP contribution in [-0.4, -0.2) is 31.6 Å². The topological polar surface area (TPSA) is 64.6 Å². The van der Waals surface area contributed by atoms with Crippen LogP contribution in [0.2, 0.25) is 0 Å². The van der Waals surface area contributed by atoms with Gasteiger partial charge in [0.2, 0.25) is 5.91 Å². The lowest BCUT2D eigenvalue weighted by atomic mass is 10.3. The van der Waals surface area contributed by atoms with Gasteiger partial charge in [-0.05, 0) is 31.2 Å². The van der Waals surface area contributed by atoms with Crippen molar-refractivity contribution in [1.82, 2.24) is 5.32 Å². The van der Waals surface area contributed by atoms with Crippen molar-refractivity contribution in [3.63, 3.8) is 0 Å². The molecule has 0 fully saturated rings. The van der Waals surface area contributed by atoms with E-state index >= 15 is 0 Å². The molecule has 0 saturated heterocycles. The molecule has 0 saturated carbocycles. The van der Waals surface area contributed by atoms with Crippen molar-refractivity contribution in [3.8, 4) is 5.75 Å². The molecule has 20 heavy (non-hydrogen) atoms. The monoisotopic (exact) mass is 343 g/mol. The Morgan fingerprint density at radius 1 is 1.20 bits per heavy atom. The van der Waals surface area contributed by atoms with Crippen LogP contribution in [0, 0.1) is 0 Å². The van der Waals surface area contributed by atoms with Gasteiger partial charge in [0.15, 0.2) is 0 Å². The molecule has 0 atom stereocenters. The smallest absolute Gasteiger partial charge is 0.307 e. The lowest BCUT2D eigenvalue weighted by molar-refractivity contribution is -0.143. The quantitative estimate of drug-likeness (QED) is 0.735. The molecule has 1 aromatic carbocycles. The minimum Gasteiger partial charge on any atom is -0.493 e. The highest BCUT2D eigenvalue weighted by Gasteiger charge is 2.05. The summed E-state index contributed by atoms with van der Waals surface area (Å²) in [5.74, 6) is 0.262. The summed E-state index contributed by atoms with van der Waals surface area (Å²) in [7, 11) is 0. The van der Waals surface area contributed by atoms with Crippen LogP contribution in [0.5, 0.6) is 5.75 Å². The number of halogens is 1. The summed E-state index contributed by atoms with van der Waals surface area (Å²) in [6.45, 7) is 2.69. The van der Waals surface area contributed by atoms with Crippen molar-refractivity contribution in [2.24, 2.45) is 0 Å². The zero-order valence-electron chi connectivity index (χ0n) is 11.4. The van der Waals surface area contributed by atoms with Gasteiger partial charge in [-0.3, -0.25) is 9.59 Å². The van der Waals surface area contributed by atoms with E-state index in [2.05, 4.69) is 21.2 Å². The predicted octanol–water partition coefficient (Wildman–Crippen LogP) is 2.29. The lowest BCUT2D eigenvalue weighted by Gasteiger charge is -2.07. The average Bonchev–Trinajstić information content (AvgIpc) is 2.41. The summed E-state index contributed by atoms with van der Waals surface area (Å²) < 4.78 is 11.2. The number of esters is 1. The first kappa shape index (κ1) is 16.5. The van der Waals surface area contributed by atoms with Crippen LogP contribution < -0.4 is 10.1 Å². The van der Waals surface area contributed by atoms with Crippen molar-refractivity contribution in [2.75, 3.05) is 19.8 Å². The second-order valence-electron chi connectivity index (χ2n) is 3.96. The van der Waals surface area contributed by atoms with Crippen molar-refractivity contribution >= 4 is 27.8 Å². The van der Waals surface area contributed by atoms with Gasteiger partial charge < -0.3 is 14.8 Å². The van der Waals surface area contributed by atoms with Crippen molar-refractivity contribution in [2.45, 2.75) is 19.8 Å². The second-order valence-corrected chi connectivity index (χ2v) is 4.87. The van der Waals surface area contributed by atoms with E-state index < -0.39 is 0 Å². The number of amides is 1. The fourth-order valence-electron chi connectivity index (χ4n) is 1.42. The maximum atomic E-state index is 11.5. The highest BCUT2D eigenvalue weighted by Crippen LogP contribution is 2.16. The first-order chi connectivity index (χ1) is 9.61. The van der Waals surface area contributed by atoms with Gasteiger partial charge in [-0.1, -0.05) is 15.9 Å². The summed E-state index contributed by atoms with van der Waals surface area (Å²) in [6.07, 6.45) is 0.437. The fraction of sp³-hybridized carbons (Fsp3) is 0.429. The van der Waals surface area contributed by atoms with Crippen LogP contribution in [0.25, 0.3) is 0 Å². The van der Waals surface area contributed by atoms with Crippen molar-refractivity contribution in [3.05, 3.63) is 28.7 Å². The van der Waals surface area contributed by atoms with Crippen LogP contribution in [0.15, 0.2) is 28.7 Å². The third kappa shape index (κ3) is 7.13.